The molecule has 0 unspecified atom stereocenters. The molecule has 3 aromatic carbocycles. The molecule has 184 valence electrons. The number of nitrogens with zero attached hydrogens (tertiary/aromatic N) is 2. The first kappa shape index (κ1) is 23.5. The van der Waals surface area contributed by atoms with Crippen LogP contribution in [0.4, 0.5) is 5.69 Å². The van der Waals surface area contributed by atoms with Crippen LogP contribution in [0.25, 0.3) is 10.9 Å². The highest BCUT2D eigenvalue weighted by atomic mass is 16.5. The first-order chi connectivity index (χ1) is 17.6. The third-order valence-electron chi connectivity index (χ3n) is 6.57. The van der Waals surface area contributed by atoms with Gasteiger partial charge in [-0.15, -0.1) is 0 Å². The summed E-state index contributed by atoms with van der Waals surface area (Å²) in [6.07, 6.45) is 3.29. The fraction of sp³-hybridized carbons (Fsp3) is 0.241. The number of carbonyl (C=O) groups is 1. The maximum absolute atomic E-state index is 12.9. The van der Waals surface area contributed by atoms with Crippen LogP contribution in [0.1, 0.15) is 40.7 Å². The number of hydrogen-bond acceptors (Lipinski definition) is 5. The van der Waals surface area contributed by atoms with Crippen LogP contribution in [0, 0.1) is 0 Å². The van der Waals surface area contributed by atoms with Gasteiger partial charge in [-0.2, -0.15) is 0 Å². The average molecular weight is 484 g/mol. The molecule has 0 bridgehead atoms. The van der Waals surface area contributed by atoms with Crippen LogP contribution in [0.15, 0.2) is 71.7 Å². The van der Waals surface area contributed by atoms with E-state index in [9.17, 15) is 9.90 Å². The number of H-pyrrole nitrogens is 1. The first-order valence-corrected chi connectivity index (χ1v) is 12.1. The molecule has 36 heavy (non-hydrogen) atoms. The minimum Gasteiger partial charge on any atom is -0.494 e. The molecule has 0 saturated carbocycles. The summed E-state index contributed by atoms with van der Waals surface area (Å²) in [4.78, 5) is 22.8. The lowest BCUT2D eigenvalue weighted by atomic mass is 10.0. The highest BCUT2D eigenvalue weighted by Crippen LogP contribution is 2.38. The number of nitrogens with one attached hydrogen (secondary N) is 1. The maximum Gasteiger partial charge on any atom is 0.253 e. The van der Waals surface area contributed by atoms with Crippen LogP contribution in [-0.4, -0.2) is 53.9 Å². The number of hydrogen-bond donors (Lipinski definition) is 2. The zero-order chi connectivity index (χ0) is 25.1. The second-order valence-electron chi connectivity index (χ2n) is 8.83. The van der Waals surface area contributed by atoms with E-state index < -0.39 is 0 Å². The summed E-state index contributed by atoms with van der Waals surface area (Å²) in [6, 6.07) is 20.7. The van der Waals surface area contributed by atoms with E-state index in [4.69, 9.17) is 14.5 Å². The summed E-state index contributed by atoms with van der Waals surface area (Å²) in [5, 5.41) is 11.7. The topological polar surface area (TPSA) is 87.2 Å². The first-order valence-electron chi connectivity index (χ1n) is 12.1. The molecule has 1 aliphatic rings. The van der Waals surface area contributed by atoms with Gasteiger partial charge in [0.2, 0.25) is 0 Å². The van der Waals surface area contributed by atoms with Gasteiger partial charge < -0.3 is 24.5 Å². The van der Waals surface area contributed by atoms with E-state index in [1.165, 1.54) is 6.42 Å². The van der Waals surface area contributed by atoms with Crippen molar-refractivity contribution in [2.75, 3.05) is 27.3 Å². The Morgan fingerprint density at radius 2 is 1.56 bits per heavy atom. The van der Waals surface area contributed by atoms with E-state index >= 15 is 0 Å². The van der Waals surface area contributed by atoms with Crippen LogP contribution >= 0.6 is 0 Å². The Morgan fingerprint density at radius 1 is 0.889 bits per heavy atom. The zero-order valence-corrected chi connectivity index (χ0v) is 20.5. The molecule has 0 spiro atoms. The number of benzene rings is 3. The van der Waals surface area contributed by atoms with Crippen LogP contribution in [0.5, 0.6) is 17.4 Å². The molecule has 1 aliphatic heterocycles. The molecule has 7 heteroatoms. The summed E-state index contributed by atoms with van der Waals surface area (Å²) in [5.41, 5.74) is 4.04. The average Bonchev–Trinajstić information content (AvgIpc) is 3.26. The smallest absolute Gasteiger partial charge is 0.253 e. The fourth-order valence-corrected chi connectivity index (χ4v) is 4.69. The van der Waals surface area contributed by atoms with Crippen molar-refractivity contribution in [3.63, 3.8) is 0 Å². The number of aromatic amines is 1. The summed E-state index contributed by atoms with van der Waals surface area (Å²) in [7, 11) is 3.15. The van der Waals surface area contributed by atoms with Gasteiger partial charge in [-0.05, 0) is 49.6 Å². The van der Waals surface area contributed by atoms with Gasteiger partial charge in [0.25, 0.3) is 5.91 Å². The van der Waals surface area contributed by atoms with E-state index in [0.29, 0.717) is 39.5 Å². The number of aliphatic imine (C=N–C) groups is 1. The predicted octanol–water partition coefficient (Wildman–Crippen LogP) is 5.69. The van der Waals surface area contributed by atoms with Crippen LogP contribution in [0.3, 0.4) is 0 Å². The van der Waals surface area contributed by atoms with Crippen molar-refractivity contribution >= 4 is 28.2 Å². The molecule has 0 radical (unpaired) electrons. The van der Waals surface area contributed by atoms with Crippen molar-refractivity contribution in [2.24, 2.45) is 4.99 Å². The largest absolute Gasteiger partial charge is 0.494 e. The molecule has 1 fully saturated rings. The molecular weight excluding hydrogens is 454 g/mol. The third-order valence-corrected chi connectivity index (χ3v) is 6.57. The molecule has 1 amide bonds. The Labute approximate surface area is 210 Å². The van der Waals surface area contributed by atoms with Gasteiger partial charge in [-0.3, -0.25) is 4.79 Å². The lowest BCUT2D eigenvalue weighted by molar-refractivity contribution is 0.0724. The number of rotatable bonds is 6. The number of methoxy groups -OCH3 is 2. The number of carbonyl (C=O) groups excluding carboxylic acids is 1. The molecule has 0 aliphatic carbocycles. The van der Waals surface area contributed by atoms with E-state index in [1.807, 2.05) is 65.6 Å². The molecular formula is C29H29N3O4. The second kappa shape index (κ2) is 10.2. The number of piperidine rings is 1. The quantitative estimate of drug-likeness (QED) is 0.345. The molecule has 0 atom stereocenters. The minimum absolute atomic E-state index is 0.000180. The molecule has 5 rings (SSSR count). The molecule has 2 N–H and O–H groups in total. The third kappa shape index (κ3) is 4.52. The van der Waals surface area contributed by atoms with Crippen LogP contribution < -0.4 is 9.47 Å². The van der Waals surface area contributed by atoms with Crippen LogP contribution in [-0.2, 0) is 0 Å². The highest BCUT2D eigenvalue weighted by Gasteiger charge is 2.22. The Balaban J connectivity index is 1.58. The van der Waals surface area contributed by atoms with Crippen LogP contribution in [0.2, 0.25) is 0 Å². The summed E-state index contributed by atoms with van der Waals surface area (Å²) in [5.74, 6) is 1.17. The molecule has 4 aromatic rings. The highest BCUT2D eigenvalue weighted by molar-refractivity contribution is 6.22. The Hall–Kier alpha value is -4.26. The molecule has 1 saturated heterocycles. The van der Waals surface area contributed by atoms with Gasteiger partial charge in [0, 0.05) is 35.7 Å². The number of amides is 1. The lowest BCUT2D eigenvalue weighted by Gasteiger charge is -2.26. The van der Waals surface area contributed by atoms with E-state index in [2.05, 4.69) is 4.98 Å². The number of aromatic nitrogens is 1. The van der Waals surface area contributed by atoms with Crippen molar-refractivity contribution in [3.8, 4) is 17.4 Å². The van der Waals surface area contributed by atoms with Gasteiger partial charge in [-0.1, -0.05) is 30.3 Å². The molecule has 1 aromatic heterocycles. The van der Waals surface area contributed by atoms with Crippen molar-refractivity contribution in [3.05, 3.63) is 83.4 Å². The Morgan fingerprint density at radius 3 is 2.22 bits per heavy atom. The number of aromatic hydroxyl groups is 1. The molecule has 7 nitrogen and oxygen atoms in total. The van der Waals surface area contributed by atoms with Gasteiger partial charge in [0.15, 0.2) is 17.4 Å². The second-order valence-corrected chi connectivity index (χ2v) is 8.83. The number of ether oxygens (including phenoxy) is 2. The van der Waals surface area contributed by atoms with Crippen molar-refractivity contribution in [1.29, 1.82) is 0 Å². The van der Waals surface area contributed by atoms with Crippen molar-refractivity contribution < 1.29 is 19.4 Å². The Bertz CT molecular complexity index is 1400. The zero-order valence-electron chi connectivity index (χ0n) is 20.5. The summed E-state index contributed by atoms with van der Waals surface area (Å²) < 4.78 is 10.9. The van der Waals surface area contributed by atoms with E-state index in [-0.39, 0.29) is 11.8 Å². The normalized spacial score (nSPS) is 14.2. The van der Waals surface area contributed by atoms with Crippen molar-refractivity contribution in [2.45, 2.75) is 19.3 Å². The summed E-state index contributed by atoms with van der Waals surface area (Å²) >= 11 is 0. The van der Waals surface area contributed by atoms with E-state index in [1.54, 1.807) is 20.3 Å². The fourth-order valence-electron chi connectivity index (χ4n) is 4.69. The Kier molecular flexibility index (Phi) is 6.62. The monoisotopic (exact) mass is 483 g/mol. The van der Waals surface area contributed by atoms with Crippen molar-refractivity contribution in [1.82, 2.24) is 9.88 Å². The maximum atomic E-state index is 12.9. The number of fused-ring (bicyclic) bond motifs is 1. The van der Waals surface area contributed by atoms with Gasteiger partial charge in [0.1, 0.15) is 0 Å². The lowest BCUT2D eigenvalue weighted by Crippen LogP contribution is -2.35. The van der Waals surface area contributed by atoms with Gasteiger partial charge >= 0.3 is 0 Å². The SMILES string of the molecule is COc1cc2[nH]c(O)c(C(=Nc3ccc(C(=O)N4CCCCC4)cc3)c3ccccc3)c2cc1OC. The van der Waals surface area contributed by atoms with Gasteiger partial charge in [-0.25, -0.2) is 4.99 Å². The number of likely N-dealkylation sites (tertiary alicyclic amines) is 1. The van der Waals surface area contributed by atoms with Gasteiger partial charge in [0.05, 0.1) is 36.7 Å². The van der Waals surface area contributed by atoms with E-state index in [0.717, 1.165) is 36.9 Å². The molecule has 2 heterocycles. The predicted molar refractivity (Wildman–Crippen MR) is 141 cm³/mol. The minimum atomic E-state index is -0.000180. The summed E-state index contributed by atoms with van der Waals surface area (Å²) in [6.45, 7) is 1.62. The standard InChI is InChI=1S/C29H29N3O4/c1-35-24-17-22-23(18-25(24)36-2)31-28(33)26(22)27(19-9-5-3-6-10-19)30-21-13-11-20(12-14-21)29(34)32-15-7-4-8-16-32/h3,5-6,9-14,17-18,31,33H,4,7-8,15-16H2,1-2H3.